The van der Waals surface area contributed by atoms with Crippen molar-refractivity contribution in [3.05, 3.63) is 29.8 Å². The summed E-state index contributed by atoms with van der Waals surface area (Å²) in [6, 6.07) is 8.41. The normalized spacial score (nSPS) is 29.3. The van der Waals surface area contributed by atoms with Gasteiger partial charge in [0.05, 0.1) is 19.2 Å². The van der Waals surface area contributed by atoms with E-state index in [9.17, 15) is 4.79 Å². The Morgan fingerprint density at radius 2 is 2.12 bits per heavy atom. The third-order valence-corrected chi connectivity index (χ3v) is 5.21. The van der Waals surface area contributed by atoms with Crippen LogP contribution < -0.4 is 26.6 Å². The van der Waals surface area contributed by atoms with E-state index in [-0.39, 0.29) is 30.1 Å². The van der Waals surface area contributed by atoms with Crippen molar-refractivity contribution in [3.63, 3.8) is 0 Å². The van der Waals surface area contributed by atoms with Gasteiger partial charge in [0.2, 0.25) is 5.91 Å². The zero-order valence-corrected chi connectivity index (χ0v) is 15.9. The molecular formula is C19H31N5O2. The van der Waals surface area contributed by atoms with Crippen molar-refractivity contribution in [2.75, 3.05) is 26.7 Å². The highest BCUT2D eigenvalue weighted by Gasteiger charge is 2.39. The molecule has 1 aromatic carbocycles. The number of carbonyl (C=O) groups is 1. The lowest BCUT2D eigenvalue weighted by molar-refractivity contribution is -0.126. The van der Waals surface area contributed by atoms with Crippen LogP contribution in [0.4, 0.5) is 0 Å². The lowest BCUT2D eigenvalue weighted by Gasteiger charge is -2.29. The minimum atomic E-state index is -0.135. The molecule has 0 spiro atoms. The molecule has 144 valence electrons. The maximum absolute atomic E-state index is 12.6. The van der Waals surface area contributed by atoms with E-state index < -0.39 is 0 Å². The molecule has 1 aromatic rings. The van der Waals surface area contributed by atoms with Crippen molar-refractivity contribution in [2.24, 2.45) is 11.7 Å². The number of nitrogens with one attached hydrogen (secondary N) is 3. The smallest absolute Gasteiger partial charge is 0.237 e. The van der Waals surface area contributed by atoms with Crippen LogP contribution >= 0.6 is 0 Å². The number of nitrogens with two attached hydrogens (primary N) is 1. The fourth-order valence-electron chi connectivity index (χ4n) is 3.97. The van der Waals surface area contributed by atoms with Crippen molar-refractivity contribution >= 4 is 5.91 Å². The molecule has 1 amide bonds. The molecule has 2 fully saturated rings. The van der Waals surface area contributed by atoms with Crippen LogP contribution in [0.2, 0.25) is 0 Å². The molecule has 2 saturated heterocycles. The lowest BCUT2D eigenvalue weighted by Crippen LogP contribution is -2.47. The van der Waals surface area contributed by atoms with Gasteiger partial charge in [-0.3, -0.25) is 15.1 Å². The van der Waals surface area contributed by atoms with Crippen molar-refractivity contribution in [3.8, 4) is 5.75 Å². The predicted octanol–water partition coefficient (Wildman–Crippen LogP) is 0.387. The van der Waals surface area contributed by atoms with Crippen LogP contribution in [0.5, 0.6) is 5.75 Å². The van der Waals surface area contributed by atoms with Crippen molar-refractivity contribution in [2.45, 2.75) is 44.4 Å². The SMILES string of the molecule is COc1ccc(C2NNCC2CN2C[C@H](N)C[C@H]2C(=O)NC(C)C)cc1. The summed E-state index contributed by atoms with van der Waals surface area (Å²) < 4.78 is 5.25. The number of benzene rings is 1. The van der Waals surface area contributed by atoms with Gasteiger partial charge in [0.25, 0.3) is 0 Å². The lowest BCUT2D eigenvalue weighted by atomic mass is 9.94. The Morgan fingerprint density at radius 3 is 2.77 bits per heavy atom. The van der Waals surface area contributed by atoms with E-state index in [1.807, 2.05) is 26.0 Å². The Morgan fingerprint density at radius 1 is 1.38 bits per heavy atom. The first-order valence-electron chi connectivity index (χ1n) is 9.40. The second-order valence-electron chi connectivity index (χ2n) is 7.66. The molecule has 4 atom stereocenters. The number of amides is 1. The summed E-state index contributed by atoms with van der Waals surface area (Å²) in [4.78, 5) is 14.8. The average Bonchev–Trinajstić information content (AvgIpc) is 3.21. The first-order valence-corrected chi connectivity index (χ1v) is 9.40. The summed E-state index contributed by atoms with van der Waals surface area (Å²) >= 11 is 0. The van der Waals surface area contributed by atoms with Gasteiger partial charge in [0.1, 0.15) is 5.75 Å². The molecule has 2 aliphatic rings. The first-order chi connectivity index (χ1) is 12.5. The molecule has 5 N–H and O–H groups in total. The average molecular weight is 361 g/mol. The van der Waals surface area contributed by atoms with Gasteiger partial charge in [-0.25, -0.2) is 5.43 Å². The zero-order chi connectivity index (χ0) is 18.7. The molecule has 0 aliphatic carbocycles. The zero-order valence-electron chi connectivity index (χ0n) is 15.9. The van der Waals surface area contributed by atoms with Crippen molar-refractivity contribution in [1.29, 1.82) is 0 Å². The Labute approximate surface area is 155 Å². The number of hydrogen-bond acceptors (Lipinski definition) is 6. The Balaban J connectivity index is 1.68. The fourth-order valence-corrected chi connectivity index (χ4v) is 3.97. The highest BCUT2D eigenvalue weighted by Crippen LogP contribution is 2.29. The summed E-state index contributed by atoms with van der Waals surface area (Å²) in [5.74, 6) is 1.31. The van der Waals surface area contributed by atoms with E-state index >= 15 is 0 Å². The minimum Gasteiger partial charge on any atom is -0.497 e. The Hall–Kier alpha value is -1.67. The molecule has 0 saturated carbocycles. The predicted molar refractivity (Wildman–Crippen MR) is 102 cm³/mol. The van der Waals surface area contributed by atoms with Gasteiger partial charge in [-0.05, 0) is 38.0 Å². The van der Waals surface area contributed by atoms with E-state index in [0.29, 0.717) is 5.92 Å². The molecule has 2 heterocycles. The fraction of sp³-hybridized carbons (Fsp3) is 0.632. The molecule has 2 unspecified atom stereocenters. The van der Waals surface area contributed by atoms with E-state index in [4.69, 9.17) is 10.5 Å². The van der Waals surface area contributed by atoms with Gasteiger partial charge < -0.3 is 15.8 Å². The summed E-state index contributed by atoms with van der Waals surface area (Å²) in [7, 11) is 1.67. The molecule has 7 nitrogen and oxygen atoms in total. The van der Waals surface area contributed by atoms with Gasteiger partial charge in [-0.1, -0.05) is 12.1 Å². The van der Waals surface area contributed by atoms with Gasteiger partial charge in [0.15, 0.2) is 0 Å². The largest absolute Gasteiger partial charge is 0.497 e. The van der Waals surface area contributed by atoms with Gasteiger partial charge in [-0.15, -0.1) is 0 Å². The third kappa shape index (κ3) is 4.35. The Bertz CT molecular complexity index is 606. The van der Waals surface area contributed by atoms with Crippen LogP contribution in [0.15, 0.2) is 24.3 Å². The number of ether oxygens (including phenoxy) is 1. The molecule has 2 aliphatic heterocycles. The topological polar surface area (TPSA) is 91.7 Å². The third-order valence-electron chi connectivity index (χ3n) is 5.21. The number of methoxy groups -OCH3 is 1. The highest BCUT2D eigenvalue weighted by atomic mass is 16.5. The summed E-state index contributed by atoms with van der Waals surface area (Å²) in [5, 5.41) is 3.03. The van der Waals surface area contributed by atoms with Crippen molar-refractivity contribution < 1.29 is 9.53 Å². The van der Waals surface area contributed by atoms with Crippen LogP contribution in [0.1, 0.15) is 31.9 Å². The molecular weight excluding hydrogens is 330 g/mol. The number of hydrogen-bond donors (Lipinski definition) is 4. The van der Waals surface area contributed by atoms with E-state index in [1.54, 1.807) is 7.11 Å². The van der Waals surface area contributed by atoms with Crippen molar-refractivity contribution in [1.82, 2.24) is 21.1 Å². The van der Waals surface area contributed by atoms with E-state index in [2.05, 4.69) is 33.2 Å². The minimum absolute atomic E-state index is 0.0553. The maximum Gasteiger partial charge on any atom is 0.237 e. The monoisotopic (exact) mass is 361 g/mol. The molecule has 0 bridgehead atoms. The second-order valence-corrected chi connectivity index (χ2v) is 7.66. The molecule has 0 aromatic heterocycles. The highest BCUT2D eigenvalue weighted by molar-refractivity contribution is 5.82. The number of hydrazine groups is 1. The molecule has 7 heteroatoms. The summed E-state index contributed by atoms with van der Waals surface area (Å²) in [6.45, 7) is 6.44. The summed E-state index contributed by atoms with van der Waals surface area (Å²) in [5.41, 5.74) is 14.0. The number of nitrogens with zero attached hydrogens (tertiary/aromatic N) is 1. The molecule has 3 rings (SSSR count). The second kappa shape index (κ2) is 8.35. The van der Waals surface area contributed by atoms with Crippen LogP contribution in [0.3, 0.4) is 0 Å². The number of rotatable bonds is 6. The van der Waals surface area contributed by atoms with Gasteiger partial charge in [0, 0.05) is 37.6 Å². The molecule has 0 radical (unpaired) electrons. The van der Waals surface area contributed by atoms with Crippen LogP contribution in [-0.2, 0) is 4.79 Å². The Kier molecular flexibility index (Phi) is 6.13. The molecule has 26 heavy (non-hydrogen) atoms. The van der Waals surface area contributed by atoms with Crippen LogP contribution in [0, 0.1) is 5.92 Å². The maximum atomic E-state index is 12.6. The standard InChI is InChI=1S/C19H31N5O2/c1-12(2)22-19(25)17-8-15(20)11-24(17)10-14-9-21-23-18(14)13-4-6-16(26-3)7-5-13/h4-7,12,14-15,17-18,21,23H,8-11,20H2,1-3H3,(H,22,25)/t14?,15-,17+,18?/m1/s1. The quantitative estimate of drug-likeness (QED) is 0.586. The summed E-state index contributed by atoms with van der Waals surface area (Å²) in [6.07, 6.45) is 0.722. The number of likely N-dealkylation sites (tertiary alicyclic amines) is 1. The van der Waals surface area contributed by atoms with E-state index in [1.165, 1.54) is 5.56 Å². The van der Waals surface area contributed by atoms with E-state index in [0.717, 1.165) is 31.8 Å². The first kappa shape index (κ1) is 19.1. The van der Waals surface area contributed by atoms with Crippen LogP contribution in [-0.4, -0.2) is 55.7 Å². The number of carbonyl (C=O) groups excluding carboxylic acids is 1. The van der Waals surface area contributed by atoms with Crippen LogP contribution in [0.25, 0.3) is 0 Å². The van der Waals surface area contributed by atoms with Gasteiger partial charge in [-0.2, -0.15) is 0 Å². The van der Waals surface area contributed by atoms with Gasteiger partial charge >= 0.3 is 0 Å².